The fraction of sp³-hybridized carbons (Fsp3) is 0.278. The standard InChI is InChI=1S/C18H17BrClN3OS/c1-18(4-5-25-17(21)23-18)12-6-11(7-13(19)9-12)8-16(24)15-3-2-14(20)10-22-15/h2-3,6-7,9-10H,4-5,8H2,1H3,(H2,21,23). The maximum atomic E-state index is 12.5. The quantitative estimate of drug-likeness (QED) is 0.709. The zero-order valence-corrected chi connectivity index (χ0v) is 16.8. The summed E-state index contributed by atoms with van der Waals surface area (Å²) in [6.45, 7) is 2.08. The van der Waals surface area contributed by atoms with E-state index in [1.165, 1.54) is 6.20 Å². The van der Waals surface area contributed by atoms with Gasteiger partial charge in [0, 0.05) is 22.8 Å². The van der Waals surface area contributed by atoms with E-state index in [1.54, 1.807) is 23.9 Å². The minimum atomic E-state index is -0.366. The van der Waals surface area contributed by atoms with Gasteiger partial charge in [-0.1, -0.05) is 45.4 Å². The van der Waals surface area contributed by atoms with E-state index >= 15 is 0 Å². The Labute approximate surface area is 164 Å². The average Bonchev–Trinajstić information content (AvgIpc) is 2.54. The van der Waals surface area contributed by atoms with Crippen molar-refractivity contribution in [2.45, 2.75) is 25.3 Å². The first-order chi connectivity index (χ1) is 11.9. The van der Waals surface area contributed by atoms with E-state index in [4.69, 9.17) is 17.3 Å². The molecule has 1 aliphatic rings. The van der Waals surface area contributed by atoms with E-state index in [1.807, 2.05) is 18.2 Å². The monoisotopic (exact) mass is 437 g/mol. The Kier molecular flexibility index (Phi) is 5.51. The summed E-state index contributed by atoms with van der Waals surface area (Å²) in [4.78, 5) is 21.2. The van der Waals surface area contributed by atoms with E-state index < -0.39 is 0 Å². The van der Waals surface area contributed by atoms with Crippen molar-refractivity contribution in [1.82, 2.24) is 4.98 Å². The molecule has 3 rings (SSSR count). The first-order valence-corrected chi connectivity index (χ1v) is 9.94. The fourth-order valence-electron chi connectivity index (χ4n) is 2.77. The molecule has 0 aliphatic carbocycles. The molecular formula is C18H17BrClN3OS. The predicted octanol–water partition coefficient (Wildman–Crippen LogP) is 4.59. The number of thioether (sulfide) groups is 1. The third-order valence-electron chi connectivity index (χ3n) is 4.15. The summed E-state index contributed by atoms with van der Waals surface area (Å²) < 4.78 is 0.921. The number of carbonyl (C=O) groups is 1. The molecule has 0 amide bonds. The number of hydrogen-bond donors (Lipinski definition) is 1. The van der Waals surface area contributed by atoms with Gasteiger partial charge in [-0.25, -0.2) is 0 Å². The molecule has 0 radical (unpaired) electrons. The molecule has 130 valence electrons. The van der Waals surface area contributed by atoms with E-state index in [9.17, 15) is 4.79 Å². The molecule has 7 heteroatoms. The SMILES string of the molecule is CC1(c2cc(Br)cc(CC(=O)c3ccc(Cl)cn3)c2)CCSC(N)=N1. The molecule has 0 fully saturated rings. The highest BCUT2D eigenvalue weighted by Gasteiger charge is 2.30. The zero-order chi connectivity index (χ0) is 18.0. The summed E-state index contributed by atoms with van der Waals surface area (Å²) in [6, 6.07) is 9.35. The lowest BCUT2D eigenvalue weighted by Crippen LogP contribution is -2.29. The maximum absolute atomic E-state index is 12.5. The van der Waals surface area contributed by atoms with Crippen molar-refractivity contribution in [2.24, 2.45) is 10.7 Å². The number of aromatic nitrogens is 1. The number of carbonyl (C=O) groups excluding carboxylic acids is 1. The molecule has 1 unspecified atom stereocenters. The molecular weight excluding hydrogens is 422 g/mol. The summed E-state index contributed by atoms with van der Waals surface area (Å²) in [5, 5.41) is 1.12. The summed E-state index contributed by atoms with van der Waals surface area (Å²) in [5.41, 5.74) is 7.93. The summed E-state index contributed by atoms with van der Waals surface area (Å²) in [7, 11) is 0. The van der Waals surface area contributed by atoms with Gasteiger partial charge in [-0.15, -0.1) is 0 Å². The van der Waals surface area contributed by atoms with Crippen LogP contribution in [0.4, 0.5) is 0 Å². The van der Waals surface area contributed by atoms with Gasteiger partial charge in [-0.05, 0) is 48.7 Å². The summed E-state index contributed by atoms with van der Waals surface area (Å²) >= 11 is 10.9. The molecule has 1 aromatic heterocycles. The number of pyridine rings is 1. The van der Waals surface area contributed by atoms with E-state index in [-0.39, 0.29) is 17.7 Å². The molecule has 0 spiro atoms. The molecule has 25 heavy (non-hydrogen) atoms. The lowest BCUT2D eigenvalue weighted by Gasteiger charge is -2.30. The average molecular weight is 439 g/mol. The lowest BCUT2D eigenvalue weighted by atomic mass is 9.88. The van der Waals surface area contributed by atoms with Crippen LogP contribution in [0.15, 0.2) is 46.0 Å². The van der Waals surface area contributed by atoms with Crippen molar-refractivity contribution in [3.63, 3.8) is 0 Å². The van der Waals surface area contributed by atoms with Crippen molar-refractivity contribution in [2.75, 3.05) is 5.75 Å². The molecule has 1 aliphatic heterocycles. The Morgan fingerprint density at radius 1 is 1.40 bits per heavy atom. The number of nitrogens with two attached hydrogens (primary N) is 1. The molecule has 0 saturated heterocycles. The van der Waals surface area contributed by atoms with Gasteiger partial charge in [-0.3, -0.25) is 14.8 Å². The molecule has 1 atom stereocenters. The van der Waals surface area contributed by atoms with Crippen molar-refractivity contribution in [3.8, 4) is 0 Å². The molecule has 2 heterocycles. The Morgan fingerprint density at radius 3 is 2.88 bits per heavy atom. The lowest BCUT2D eigenvalue weighted by molar-refractivity contribution is 0.0988. The number of amidine groups is 1. The number of Topliss-reactive ketones (excluding diaryl/α,β-unsaturated/α-hetero) is 1. The first-order valence-electron chi connectivity index (χ1n) is 7.78. The minimum Gasteiger partial charge on any atom is -0.379 e. The van der Waals surface area contributed by atoms with Crippen molar-refractivity contribution in [1.29, 1.82) is 0 Å². The van der Waals surface area contributed by atoms with Gasteiger partial charge in [0.1, 0.15) is 5.69 Å². The summed E-state index contributed by atoms with van der Waals surface area (Å²) in [6.07, 6.45) is 2.66. The normalized spacial score (nSPS) is 20.2. The number of rotatable bonds is 4. The van der Waals surface area contributed by atoms with Gasteiger partial charge < -0.3 is 5.73 Å². The molecule has 0 bridgehead atoms. The van der Waals surface area contributed by atoms with Crippen LogP contribution in [0.2, 0.25) is 5.02 Å². The van der Waals surface area contributed by atoms with E-state index in [2.05, 4.69) is 32.8 Å². The Morgan fingerprint density at radius 2 is 2.20 bits per heavy atom. The number of hydrogen-bond acceptors (Lipinski definition) is 5. The van der Waals surface area contributed by atoms with Crippen LogP contribution in [-0.4, -0.2) is 21.7 Å². The third-order valence-corrected chi connectivity index (χ3v) is 5.63. The fourth-order valence-corrected chi connectivity index (χ4v) is 4.40. The molecule has 0 saturated carbocycles. The van der Waals surface area contributed by atoms with Crippen LogP contribution in [-0.2, 0) is 12.0 Å². The second kappa shape index (κ2) is 7.48. The summed E-state index contributed by atoms with van der Waals surface area (Å²) in [5.74, 6) is 0.884. The highest BCUT2D eigenvalue weighted by Crippen LogP contribution is 2.36. The maximum Gasteiger partial charge on any atom is 0.185 e. The third kappa shape index (κ3) is 4.43. The van der Waals surface area contributed by atoms with Crippen LogP contribution in [0.3, 0.4) is 0 Å². The first kappa shape index (κ1) is 18.4. The largest absolute Gasteiger partial charge is 0.379 e. The van der Waals surface area contributed by atoms with Crippen molar-refractivity contribution in [3.05, 3.63) is 62.8 Å². The second-order valence-electron chi connectivity index (χ2n) is 6.13. The van der Waals surface area contributed by atoms with Crippen LogP contribution < -0.4 is 5.73 Å². The number of benzene rings is 1. The predicted molar refractivity (Wildman–Crippen MR) is 107 cm³/mol. The molecule has 1 aromatic carbocycles. The van der Waals surface area contributed by atoms with Gasteiger partial charge in [0.15, 0.2) is 11.0 Å². The van der Waals surface area contributed by atoms with Gasteiger partial charge in [-0.2, -0.15) is 0 Å². The van der Waals surface area contributed by atoms with Crippen LogP contribution in [0, 0.1) is 0 Å². The van der Waals surface area contributed by atoms with Crippen LogP contribution in [0.1, 0.15) is 35.0 Å². The van der Waals surface area contributed by atoms with E-state index in [0.717, 1.165) is 27.8 Å². The van der Waals surface area contributed by atoms with Gasteiger partial charge in [0.2, 0.25) is 0 Å². The van der Waals surface area contributed by atoms with Crippen LogP contribution >= 0.6 is 39.3 Å². The van der Waals surface area contributed by atoms with Crippen molar-refractivity contribution < 1.29 is 4.79 Å². The number of aliphatic imine (C=N–C) groups is 1. The minimum absolute atomic E-state index is 0.0481. The molecule has 2 aromatic rings. The van der Waals surface area contributed by atoms with Gasteiger partial charge in [0.05, 0.1) is 10.6 Å². The number of halogens is 2. The topological polar surface area (TPSA) is 68.3 Å². The van der Waals surface area contributed by atoms with Crippen molar-refractivity contribution >= 4 is 50.2 Å². The van der Waals surface area contributed by atoms with E-state index in [0.29, 0.717) is 15.9 Å². The Bertz CT molecular complexity index is 841. The zero-order valence-electron chi connectivity index (χ0n) is 13.6. The number of nitrogens with zero attached hydrogens (tertiary/aromatic N) is 2. The van der Waals surface area contributed by atoms with Crippen LogP contribution in [0.25, 0.3) is 0 Å². The Hall–Kier alpha value is -1.37. The second-order valence-corrected chi connectivity index (χ2v) is 8.60. The Balaban J connectivity index is 1.88. The smallest absolute Gasteiger partial charge is 0.185 e. The van der Waals surface area contributed by atoms with Gasteiger partial charge in [0.25, 0.3) is 0 Å². The molecule has 2 N–H and O–H groups in total. The highest BCUT2D eigenvalue weighted by atomic mass is 79.9. The van der Waals surface area contributed by atoms with Crippen LogP contribution in [0.5, 0.6) is 0 Å². The van der Waals surface area contributed by atoms with Gasteiger partial charge >= 0.3 is 0 Å². The number of ketones is 1. The highest BCUT2D eigenvalue weighted by molar-refractivity contribution is 9.10. The molecule has 4 nitrogen and oxygen atoms in total.